The van der Waals surface area contributed by atoms with Crippen LogP contribution >= 0.6 is 0 Å². The van der Waals surface area contributed by atoms with E-state index >= 15 is 0 Å². The summed E-state index contributed by atoms with van der Waals surface area (Å²) in [5.41, 5.74) is 6.41. The summed E-state index contributed by atoms with van der Waals surface area (Å²) in [5.74, 6) is 0. The normalized spacial score (nSPS) is 15.5. The Morgan fingerprint density at radius 2 is 1.79 bits per heavy atom. The summed E-state index contributed by atoms with van der Waals surface area (Å²) in [4.78, 5) is 1.42. The lowest BCUT2D eigenvalue weighted by atomic mass is 10.1. The van der Waals surface area contributed by atoms with Crippen LogP contribution < -0.4 is 5.73 Å². The Labute approximate surface area is 112 Å². The number of hydrogen-bond acceptors (Lipinski definition) is 2. The van der Waals surface area contributed by atoms with E-state index < -0.39 is 18.3 Å². The minimum atomic E-state index is -4.31. The van der Waals surface area contributed by atoms with Gasteiger partial charge in [-0.15, -0.1) is 0 Å². The third-order valence-corrected chi connectivity index (χ3v) is 2.97. The molecular weight excluding hydrogens is 253 g/mol. The Hall–Kier alpha value is -1.07. The zero-order valence-corrected chi connectivity index (χ0v) is 11.3. The molecule has 0 aliphatic carbocycles. The Kier molecular flexibility index (Phi) is 5.82. The van der Waals surface area contributed by atoms with Gasteiger partial charge in [-0.25, -0.2) is 0 Å². The molecule has 0 aliphatic heterocycles. The highest BCUT2D eigenvalue weighted by molar-refractivity contribution is 5.14. The van der Waals surface area contributed by atoms with E-state index in [2.05, 4.69) is 0 Å². The summed E-state index contributed by atoms with van der Waals surface area (Å²) < 4.78 is 39.4. The molecule has 5 heteroatoms. The predicted molar refractivity (Wildman–Crippen MR) is 70.6 cm³/mol. The summed E-state index contributed by atoms with van der Waals surface area (Å²) in [6.07, 6.45) is -3.65. The van der Waals surface area contributed by atoms with E-state index in [0.717, 1.165) is 5.56 Å². The molecule has 1 aromatic rings. The molecule has 19 heavy (non-hydrogen) atoms. The van der Waals surface area contributed by atoms with Crippen LogP contribution in [-0.4, -0.2) is 29.7 Å². The monoisotopic (exact) mass is 274 g/mol. The van der Waals surface area contributed by atoms with E-state index in [9.17, 15) is 13.2 Å². The van der Waals surface area contributed by atoms with Gasteiger partial charge in [0.05, 0.1) is 0 Å². The first-order chi connectivity index (χ1) is 8.86. The quantitative estimate of drug-likeness (QED) is 0.863. The van der Waals surface area contributed by atoms with Crippen molar-refractivity contribution in [3.8, 4) is 0 Å². The topological polar surface area (TPSA) is 29.3 Å². The summed E-state index contributed by atoms with van der Waals surface area (Å²) in [6.45, 7) is 3.92. The highest BCUT2D eigenvalue weighted by atomic mass is 19.4. The van der Waals surface area contributed by atoms with Crippen LogP contribution in [0.3, 0.4) is 0 Å². The fourth-order valence-corrected chi connectivity index (χ4v) is 2.26. The molecule has 2 nitrogen and oxygen atoms in total. The standard InChI is InChI=1S/C14H21F3N2/c1-3-9-19(10-12-7-5-4-6-8-12)13(11(2)18)14(15,16)17/h4-8,11,13H,3,9-10,18H2,1-2H3. The van der Waals surface area contributed by atoms with Crippen LogP contribution in [0.15, 0.2) is 30.3 Å². The largest absolute Gasteiger partial charge is 0.405 e. The van der Waals surface area contributed by atoms with Crippen molar-refractivity contribution >= 4 is 0 Å². The van der Waals surface area contributed by atoms with Crippen LogP contribution in [0.5, 0.6) is 0 Å². The highest BCUT2D eigenvalue weighted by Crippen LogP contribution is 2.28. The van der Waals surface area contributed by atoms with Crippen molar-refractivity contribution in [2.24, 2.45) is 5.73 Å². The molecule has 2 atom stereocenters. The lowest BCUT2D eigenvalue weighted by Gasteiger charge is -2.35. The first kappa shape index (κ1) is 16.0. The Balaban J connectivity index is 2.91. The first-order valence-electron chi connectivity index (χ1n) is 6.46. The van der Waals surface area contributed by atoms with E-state index in [-0.39, 0.29) is 6.54 Å². The first-order valence-corrected chi connectivity index (χ1v) is 6.46. The maximum atomic E-state index is 13.1. The van der Waals surface area contributed by atoms with E-state index in [0.29, 0.717) is 13.0 Å². The van der Waals surface area contributed by atoms with Crippen molar-refractivity contribution in [1.82, 2.24) is 4.90 Å². The Morgan fingerprint density at radius 3 is 2.21 bits per heavy atom. The van der Waals surface area contributed by atoms with Gasteiger partial charge in [-0.2, -0.15) is 13.2 Å². The van der Waals surface area contributed by atoms with Crippen molar-refractivity contribution in [3.63, 3.8) is 0 Å². The number of nitrogens with two attached hydrogens (primary N) is 1. The van der Waals surface area contributed by atoms with E-state index in [4.69, 9.17) is 5.73 Å². The molecule has 0 saturated heterocycles. The number of nitrogens with zero attached hydrogens (tertiary/aromatic N) is 1. The molecule has 2 N–H and O–H groups in total. The summed E-state index contributed by atoms with van der Waals surface area (Å²) in [7, 11) is 0. The molecule has 0 heterocycles. The van der Waals surface area contributed by atoms with Gasteiger partial charge in [-0.3, -0.25) is 4.90 Å². The van der Waals surface area contributed by atoms with Crippen molar-refractivity contribution < 1.29 is 13.2 Å². The molecule has 0 amide bonds. The molecule has 1 rings (SSSR count). The van der Waals surface area contributed by atoms with Gasteiger partial charge in [0.15, 0.2) is 0 Å². The van der Waals surface area contributed by atoms with Crippen LogP contribution in [0, 0.1) is 0 Å². The molecule has 0 bridgehead atoms. The number of hydrogen-bond donors (Lipinski definition) is 1. The SMILES string of the molecule is CCCN(Cc1ccccc1)C(C(C)N)C(F)(F)F. The van der Waals surface area contributed by atoms with Crippen LogP contribution in [0.25, 0.3) is 0 Å². The number of rotatable bonds is 6. The van der Waals surface area contributed by atoms with Crippen molar-refractivity contribution in [2.75, 3.05) is 6.54 Å². The zero-order chi connectivity index (χ0) is 14.5. The van der Waals surface area contributed by atoms with Crippen LogP contribution in [0.1, 0.15) is 25.8 Å². The van der Waals surface area contributed by atoms with Crippen molar-refractivity contribution in [1.29, 1.82) is 0 Å². The highest BCUT2D eigenvalue weighted by Gasteiger charge is 2.45. The lowest BCUT2D eigenvalue weighted by molar-refractivity contribution is -0.189. The van der Waals surface area contributed by atoms with E-state index in [1.54, 1.807) is 0 Å². The van der Waals surface area contributed by atoms with Crippen LogP contribution in [0.4, 0.5) is 13.2 Å². The number of halogens is 3. The van der Waals surface area contributed by atoms with E-state index in [1.807, 2.05) is 37.3 Å². The number of alkyl halides is 3. The molecule has 1 aromatic carbocycles. The lowest BCUT2D eigenvalue weighted by Crippen LogP contribution is -2.54. The molecule has 0 aliphatic rings. The molecule has 0 saturated carbocycles. The minimum absolute atomic E-state index is 0.264. The molecular formula is C14H21F3N2. The average Bonchev–Trinajstić information content (AvgIpc) is 2.28. The van der Waals surface area contributed by atoms with Crippen molar-refractivity contribution in [2.45, 2.75) is 45.1 Å². The molecule has 0 fully saturated rings. The second-order valence-electron chi connectivity index (χ2n) is 4.80. The van der Waals surface area contributed by atoms with Crippen LogP contribution in [0.2, 0.25) is 0 Å². The van der Waals surface area contributed by atoms with Gasteiger partial charge in [0.2, 0.25) is 0 Å². The fourth-order valence-electron chi connectivity index (χ4n) is 2.26. The molecule has 108 valence electrons. The minimum Gasteiger partial charge on any atom is -0.326 e. The molecule has 0 spiro atoms. The summed E-state index contributed by atoms with van der Waals surface area (Å²) in [6, 6.07) is 6.61. The molecule has 0 radical (unpaired) electrons. The second kappa shape index (κ2) is 6.91. The predicted octanol–water partition coefficient (Wildman–Crippen LogP) is 3.18. The summed E-state index contributed by atoms with van der Waals surface area (Å²) in [5, 5.41) is 0. The maximum Gasteiger partial charge on any atom is 0.405 e. The number of benzene rings is 1. The van der Waals surface area contributed by atoms with Gasteiger partial charge in [0.1, 0.15) is 6.04 Å². The van der Waals surface area contributed by atoms with Gasteiger partial charge in [0, 0.05) is 12.6 Å². The smallest absolute Gasteiger partial charge is 0.326 e. The third kappa shape index (κ3) is 4.84. The van der Waals surface area contributed by atoms with Gasteiger partial charge in [0.25, 0.3) is 0 Å². The van der Waals surface area contributed by atoms with Gasteiger partial charge in [-0.05, 0) is 25.5 Å². The summed E-state index contributed by atoms with van der Waals surface area (Å²) >= 11 is 0. The fraction of sp³-hybridized carbons (Fsp3) is 0.571. The van der Waals surface area contributed by atoms with Gasteiger partial charge >= 0.3 is 6.18 Å². The van der Waals surface area contributed by atoms with E-state index in [1.165, 1.54) is 11.8 Å². The molecule has 0 aromatic heterocycles. The van der Waals surface area contributed by atoms with Gasteiger partial charge in [-0.1, -0.05) is 37.3 Å². The Bertz CT molecular complexity index is 363. The average molecular weight is 274 g/mol. The van der Waals surface area contributed by atoms with Gasteiger partial charge < -0.3 is 5.73 Å². The van der Waals surface area contributed by atoms with Crippen molar-refractivity contribution in [3.05, 3.63) is 35.9 Å². The second-order valence-corrected chi connectivity index (χ2v) is 4.80. The third-order valence-electron chi connectivity index (χ3n) is 2.97. The Morgan fingerprint density at radius 1 is 1.21 bits per heavy atom. The van der Waals surface area contributed by atoms with Crippen LogP contribution in [-0.2, 0) is 6.54 Å². The molecule has 2 unspecified atom stereocenters. The zero-order valence-electron chi connectivity index (χ0n) is 11.3. The maximum absolute atomic E-state index is 13.1.